The van der Waals surface area contributed by atoms with Crippen molar-refractivity contribution in [1.82, 2.24) is 0 Å². The molecule has 28 heavy (non-hydrogen) atoms. The summed E-state index contributed by atoms with van der Waals surface area (Å²) in [6, 6.07) is 13.9. The Kier molecular flexibility index (Phi) is 7.32. The number of amides is 1. The average molecular weight is 383 g/mol. The summed E-state index contributed by atoms with van der Waals surface area (Å²) in [6.07, 6.45) is -0.962. The van der Waals surface area contributed by atoms with Gasteiger partial charge >= 0.3 is 5.97 Å². The molecule has 0 fully saturated rings. The average Bonchev–Trinajstić information content (AvgIpc) is 2.66. The second kappa shape index (κ2) is 9.69. The van der Waals surface area contributed by atoms with Gasteiger partial charge in [0.15, 0.2) is 18.5 Å². The van der Waals surface area contributed by atoms with Gasteiger partial charge in [-0.3, -0.25) is 9.59 Å². The third-order valence-electron chi connectivity index (χ3n) is 4.14. The van der Waals surface area contributed by atoms with Gasteiger partial charge in [-0.25, -0.2) is 4.79 Å². The molecule has 1 amide bonds. The summed E-state index contributed by atoms with van der Waals surface area (Å²) >= 11 is 0. The van der Waals surface area contributed by atoms with Crippen LogP contribution in [-0.2, 0) is 14.3 Å². The lowest BCUT2D eigenvalue weighted by atomic mass is 10.0. The molecule has 0 spiro atoms. The van der Waals surface area contributed by atoms with E-state index in [1.807, 2.05) is 38.1 Å². The van der Waals surface area contributed by atoms with Crippen LogP contribution in [0, 0.1) is 0 Å². The molecule has 0 aliphatic rings. The molecule has 2 aromatic carbocycles. The summed E-state index contributed by atoms with van der Waals surface area (Å²) < 4.78 is 10.5. The highest BCUT2D eigenvalue weighted by molar-refractivity contribution is 5.96. The third kappa shape index (κ3) is 5.94. The molecule has 2 aromatic rings. The Morgan fingerprint density at radius 2 is 1.61 bits per heavy atom. The van der Waals surface area contributed by atoms with E-state index in [-0.39, 0.29) is 18.3 Å². The van der Waals surface area contributed by atoms with Crippen LogP contribution in [0.2, 0.25) is 0 Å². The third-order valence-corrected chi connectivity index (χ3v) is 4.14. The molecule has 0 aliphatic carbocycles. The minimum atomic E-state index is -0.962. The Morgan fingerprint density at radius 1 is 0.964 bits per heavy atom. The van der Waals surface area contributed by atoms with E-state index in [0.29, 0.717) is 17.0 Å². The number of Topliss-reactive ketones (excluding diaryl/α,β-unsaturated/α-hetero) is 1. The first-order valence-electron chi connectivity index (χ1n) is 9.11. The summed E-state index contributed by atoms with van der Waals surface area (Å²) in [6.45, 7) is 6.72. The molecule has 0 saturated heterocycles. The minimum Gasteiger partial charge on any atom is -0.482 e. The van der Waals surface area contributed by atoms with Gasteiger partial charge in [0, 0.05) is 11.3 Å². The number of carbonyl (C=O) groups excluding carboxylic acids is 3. The van der Waals surface area contributed by atoms with Crippen molar-refractivity contribution >= 4 is 23.3 Å². The maximum atomic E-state index is 12.3. The van der Waals surface area contributed by atoms with Crippen LogP contribution in [0.1, 0.15) is 49.5 Å². The quantitative estimate of drug-likeness (QED) is 0.551. The molecule has 1 atom stereocenters. The maximum absolute atomic E-state index is 12.3. The summed E-state index contributed by atoms with van der Waals surface area (Å²) in [4.78, 5) is 35.5. The second-order valence-electron chi connectivity index (χ2n) is 6.73. The number of ether oxygens (including phenoxy) is 2. The molecule has 6 nitrogen and oxygen atoms in total. The van der Waals surface area contributed by atoms with E-state index < -0.39 is 18.0 Å². The van der Waals surface area contributed by atoms with Gasteiger partial charge in [-0.15, -0.1) is 0 Å². The molecule has 6 heteroatoms. The number of nitrogens with one attached hydrogen (secondary N) is 1. The number of anilines is 1. The van der Waals surface area contributed by atoms with Crippen LogP contribution in [-0.4, -0.2) is 30.4 Å². The molecule has 0 aromatic heterocycles. The first-order chi connectivity index (χ1) is 13.3. The minimum absolute atomic E-state index is 0.0511. The molecule has 148 valence electrons. The Balaban J connectivity index is 1.86. The predicted molar refractivity (Wildman–Crippen MR) is 107 cm³/mol. The van der Waals surface area contributed by atoms with Crippen LogP contribution in [0.4, 0.5) is 5.69 Å². The summed E-state index contributed by atoms with van der Waals surface area (Å²) in [7, 11) is 0. The fourth-order valence-corrected chi connectivity index (χ4v) is 2.56. The highest BCUT2D eigenvalue weighted by atomic mass is 16.6. The number of para-hydroxylation sites is 1. The van der Waals surface area contributed by atoms with Gasteiger partial charge in [0.1, 0.15) is 5.75 Å². The van der Waals surface area contributed by atoms with Crippen LogP contribution in [0.5, 0.6) is 5.75 Å². The molecule has 2 rings (SSSR count). The van der Waals surface area contributed by atoms with Gasteiger partial charge in [-0.05, 0) is 55.7 Å². The van der Waals surface area contributed by atoms with Crippen molar-refractivity contribution in [3.8, 4) is 5.75 Å². The molecular weight excluding hydrogens is 358 g/mol. The van der Waals surface area contributed by atoms with E-state index in [0.717, 1.165) is 5.56 Å². The highest BCUT2D eigenvalue weighted by Gasteiger charge is 2.19. The second-order valence-corrected chi connectivity index (χ2v) is 6.73. The zero-order valence-electron chi connectivity index (χ0n) is 16.5. The normalized spacial score (nSPS) is 11.6. The van der Waals surface area contributed by atoms with Crippen molar-refractivity contribution in [2.75, 3.05) is 11.9 Å². The molecule has 0 bridgehead atoms. The van der Waals surface area contributed by atoms with E-state index in [4.69, 9.17) is 9.47 Å². The van der Waals surface area contributed by atoms with Crippen LogP contribution in [0.25, 0.3) is 0 Å². The molecule has 0 radical (unpaired) electrons. The highest BCUT2D eigenvalue weighted by Crippen LogP contribution is 2.23. The zero-order valence-corrected chi connectivity index (χ0v) is 16.5. The van der Waals surface area contributed by atoms with Crippen LogP contribution >= 0.6 is 0 Å². The standard InChI is InChI=1S/C22H25NO5/c1-14(2)19-7-5-6-8-20(19)23-22(26)16(4)28-21(25)13-27-18-11-9-17(10-12-18)15(3)24/h5-12,14,16H,13H2,1-4H3,(H,23,26)/t16-/m1/s1. The smallest absolute Gasteiger partial charge is 0.344 e. The Bertz CT molecular complexity index is 842. The number of benzene rings is 2. The van der Waals surface area contributed by atoms with Crippen LogP contribution < -0.4 is 10.1 Å². The topological polar surface area (TPSA) is 81.7 Å². The van der Waals surface area contributed by atoms with Crippen molar-refractivity contribution in [2.24, 2.45) is 0 Å². The van der Waals surface area contributed by atoms with Gasteiger partial charge in [0.25, 0.3) is 5.91 Å². The number of hydrogen-bond acceptors (Lipinski definition) is 5. The number of rotatable bonds is 8. The molecular formula is C22H25NO5. The monoisotopic (exact) mass is 383 g/mol. The van der Waals surface area contributed by atoms with Crippen LogP contribution in [0.15, 0.2) is 48.5 Å². The number of carbonyl (C=O) groups is 3. The van der Waals surface area contributed by atoms with Gasteiger partial charge in [-0.2, -0.15) is 0 Å². The largest absolute Gasteiger partial charge is 0.482 e. The van der Waals surface area contributed by atoms with E-state index in [2.05, 4.69) is 5.32 Å². The fraction of sp³-hybridized carbons (Fsp3) is 0.318. The Morgan fingerprint density at radius 3 is 2.21 bits per heavy atom. The van der Waals surface area contributed by atoms with Crippen LogP contribution in [0.3, 0.4) is 0 Å². The SMILES string of the molecule is CC(=O)c1ccc(OCC(=O)O[C@H](C)C(=O)Nc2ccccc2C(C)C)cc1. The number of esters is 1. The van der Waals surface area contributed by atoms with Crippen molar-refractivity contribution in [3.05, 3.63) is 59.7 Å². The molecule has 0 aliphatic heterocycles. The van der Waals surface area contributed by atoms with Crippen molar-refractivity contribution in [2.45, 2.75) is 39.7 Å². The Labute approximate surface area is 164 Å². The first kappa shape index (κ1) is 21.2. The van der Waals surface area contributed by atoms with Gasteiger partial charge < -0.3 is 14.8 Å². The lowest BCUT2D eigenvalue weighted by Crippen LogP contribution is -2.32. The molecule has 0 heterocycles. The molecule has 0 unspecified atom stereocenters. The Hall–Kier alpha value is -3.15. The van der Waals surface area contributed by atoms with Gasteiger partial charge in [0.2, 0.25) is 0 Å². The van der Waals surface area contributed by atoms with Gasteiger partial charge in [0.05, 0.1) is 0 Å². The van der Waals surface area contributed by atoms with Crippen molar-refractivity contribution < 1.29 is 23.9 Å². The molecule has 0 saturated carbocycles. The summed E-state index contributed by atoms with van der Waals surface area (Å²) in [5.74, 6) is -0.436. The van der Waals surface area contributed by atoms with Crippen molar-refractivity contribution in [3.63, 3.8) is 0 Å². The summed E-state index contributed by atoms with van der Waals surface area (Å²) in [5, 5.41) is 2.80. The zero-order chi connectivity index (χ0) is 20.7. The number of hydrogen-bond donors (Lipinski definition) is 1. The van der Waals surface area contributed by atoms with E-state index in [9.17, 15) is 14.4 Å². The predicted octanol–water partition coefficient (Wildman–Crippen LogP) is 3.96. The van der Waals surface area contributed by atoms with E-state index in [1.165, 1.54) is 13.8 Å². The van der Waals surface area contributed by atoms with E-state index >= 15 is 0 Å². The maximum Gasteiger partial charge on any atom is 0.344 e. The lowest BCUT2D eigenvalue weighted by Gasteiger charge is -2.17. The lowest BCUT2D eigenvalue weighted by molar-refractivity contribution is -0.155. The number of ketones is 1. The van der Waals surface area contributed by atoms with E-state index in [1.54, 1.807) is 24.3 Å². The first-order valence-corrected chi connectivity index (χ1v) is 9.11. The van der Waals surface area contributed by atoms with Gasteiger partial charge in [-0.1, -0.05) is 32.0 Å². The summed E-state index contributed by atoms with van der Waals surface area (Å²) in [5.41, 5.74) is 2.26. The molecule has 1 N–H and O–H groups in total. The fourth-order valence-electron chi connectivity index (χ4n) is 2.56. The van der Waals surface area contributed by atoms with Crippen molar-refractivity contribution in [1.29, 1.82) is 0 Å².